The van der Waals surface area contributed by atoms with Crippen LogP contribution in [0.4, 0.5) is 23.2 Å². The van der Waals surface area contributed by atoms with E-state index < -0.39 is 29.4 Å². The van der Waals surface area contributed by atoms with Crippen LogP contribution in [0.1, 0.15) is 66.5 Å². The summed E-state index contributed by atoms with van der Waals surface area (Å²) in [6, 6.07) is 16.7. The van der Waals surface area contributed by atoms with Crippen LogP contribution in [-0.2, 0) is 22.9 Å². The molecule has 1 aromatic heterocycles. The molecule has 6 nitrogen and oxygen atoms in total. The summed E-state index contributed by atoms with van der Waals surface area (Å²) in [5, 5.41) is 10.5. The van der Waals surface area contributed by atoms with Crippen molar-refractivity contribution in [3.05, 3.63) is 112 Å². The molecule has 0 bridgehead atoms. The quantitative estimate of drug-likeness (QED) is 0.214. The number of amides is 2. The lowest BCUT2D eigenvalue weighted by Gasteiger charge is -2.15. The zero-order chi connectivity index (χ0) is 30.8. The Kier molecular flexibility index (Phi) is 8.77. The molecule has 0 fully saturated rings. The van der Waals surface area contributed by atoms with Crippen LogP contribution in [0.5, 0.6) is 0 Å². The van der Waals surface area contributed by atoms with Gasteiger partial charge in [0, 0.05) is 16.1 Å². The first kappa shape index (κ1) is 30.8. The van der Waals surface area contributed by atoms with Crippen LogP contribution >= 0.6 is 11.6 Å². The Bertz CT molecular complexity index is 1610. The Morgan fingerprint density at radius 2 is 1.67 bits per heavy atom. The first-order valence-electron chi connectivity index (χ1n) is 13.0. The lowest BCUT2D eigenvalue weighted by molar-refractivity contribution is -0.137. The number of rotatable bonds is 7. The van der Waals surface area contributed by atoms with Crippen molar-refractivity contribution in [1.29, 1.82) is 0 Å². The fourth-order valence-electron chi connectivity index (χ4n) is 4.15. The van der Waals surface area contributed by atoms with Crippen LogP contribution in [0, 0.1) is 5.82 Å². The topological polar surface area (TPSA) is 76.0 Å². The minimum atomic E-state index is -4.51. The van der Waals surface area contributed by atoms with Crippen molar-refractivity contribution in [3.8, 4) is 5.69 Å². The van der Waals surface area contributed by atoms with E-state index in [4.69, 9.17) is 16.7 Å². The highest BCUT2D eigenvalue weighted by Gasteiger charge is 2.30. The molecule has 0 spiro atoms. The van der Waals surface area contributed by atoms with E-state index in [-0.39, 0.29) is 29.1 Å². The number of carbonyl (C=O) groups is 2. The Hall–Kier alpha value is -4.18. The van der Waals surface area contributed by atoms with Crippen LogP contribution in [-0.4, -0.2) is 21.6 Å². The van der Waals surface area contributed by atoms with E-state index in [0.717, 1.165) is 47.4 Å². The van der Waals surface area contributed by atoms with E-state index in [1.54, 1.807) is 23.7 Å². The number of benzene rings is 3. The fourth-order valence-corrected chi connectivity index (χ4v) is 4.34. The largest absolute Gasteiger partial charge is 0.416 e. The Morgan fingerprint density at radius 1 is 0.976 bits per heavy atom. The van der Waals surface area contributed by atoms with Gasteiger partial charge in [0.25, 0.3) is 5.91 Å². The molecule has 1 atom stereocenters. The van der Waals surface area contributed by atoms with Crippen LogP contribution in [0.15, 0.2) is 72.8 Å². The first-order chi connectivity index (χ1) is 19.6. The van der Waals surface area contributed by atoms with Crippen molar-refractivity contribution < 1.29 is 27.2 Å². The Labute approximate surface area is 245 Å². The molecule has 4 aromatic rings. The van der Waals surface area contributed by atoms with Gasteiger partial charge in [0.05, 0.1) is 40.7 Å². The summed E-state index contributed by atoms with van der Waals surface area (Å²) in [6.45, 7) is 7.86. The summed E-state index contributed by atoms with van der Waals surface area (Å²) >= 11 is 6.18. The second-order valence-electron chi connectivity index (χ2n) is 10.9. The van der Waals surface area contributed by atoms with Gasteiger partial charge in [-0.2, -0.15) is 18.3 Å². The van der Waals surface area contributed by atoms with Crippen molar-refractivity contribution in [2.24, 2.45) is 0 Å². The van der Waals surface area contributed by atoms with Gasteiger partial charge in [-0.3, -0.25) is 9.59 Å². The number of aromatic nitrogens is 2. The summed E-state index contributed by atoms with van der Waals surface area (Å²) in [4.78, 5) is 25.6. The number of anilines is 1. The molecule has 11 heteroatoms. The van der Waals surface area contributed by atoms with Gasteiger partial charge in [0.2, 0.25) is 5.91 Å². The third-order valence-corrected chi connectivity index (χ3v) is 6.88. The zero-order valence-corrected chi connectivity index (χ0v) is 24.1. The minimum Gasteiger partial charge on any atom is -0.350 e. The number of alkyl halides is 3. The van der Waals surface area contributed by atoms with Crippen LogP contribution in [0.3, 0.4) is 0 Å². The highest BCUT2D eigenvalue weighted by molar-refractivity contribution is 6.30. The van der Waals surface area contributed by atoms with Gasteiger partial charge >= 0.3 is 6.18 Å². The molecule has 1 unspecified atom stereocenters. The molecular weight excluding hydrogens is 572 g/mol. The van der Waals surface area contributed by atoms with Gasteiger partial charge in [0.15, 0.2) is 0 Å². The summed E-state index contributed by atoms with van der Waals surface area (Å²) in [5.41, 5.74) is 1.29. The predicted molar refractivity (Wildman–Crippen MR) is 153 cm³/mol. The van der Waals surface area contributed by atoms with Crippen LogP contribution < -0.4 is 10.6 Å². The molecule has 42 heavy (non-hydrogen) atoms. The van der Waals surface area contributed by atoms with E-state index in [1.165, 1.54) is 12.1 Å². The van der Waals surface area contributed by atoms with E-state index in [2.05, 4.69) is 10.6 Å². The average molecular weight is 601 g/mol. The Morgan fingerprint density at radius 3 is 2.26 bits per heavy atom. The van der Waals surface area contributed by atoms with Gasteiger partial charge in [0.1, 0.15) is 5.82 Å². The SMILES string of the molecule is CC(C(=O)NCc1cc(C(C)(C)C)nn1-c1cccc(Cl)c1)c1ccc(C(=O)Nc2ccc(C(F)(F)F)cc2)c(F)c1. The minimum absolute atomic E-state index is 0.0795. The standard InChI is InChI=1S/C31H29ClF4N4O2/c1-18(19-8-13-25(26(33)14-19)29(42)38-22-11-9-20(10-12-22)31(34,35)36)28(41)37-17-24-16-27(30(2,3)4)39-40(24)23-7-5-6-21(32)15-23/h5-16,18H,17H2,1-4H3,(H,37,41)(H,38,42). The van der Waals surface area contributed by atoms with Gasteiger partial charge in [-0.1, -0.05) is 44.5 Å². The summed E-state index contributed by atoms with van der Waals surface area (Å²) < 4.78 is 54.9. The molecule has 0 saturated carbocycles. The van der Waals surface area contributed by atoms with Crippen LogP contribution in [0.25, 0.3) is 5.69 Å². The average Bonchev–Trinajstić information content (AvgIpc) is 3.36. The van der Waals surface area contributed by atoms with E-state index in [0.29, 0.717) is 10.6 Å². The number of halogens is 5. The van der Waals surface area contributed by atoms with Gasteiger partial charge in [-0.15, -0.1) is 0 Å². The molecule has 0 radical (unpaired) electrons. The molecule has 0 saturated heterocycles. The number of hydrogen-bond acceptors (Lipinski definition) is 3. The molecule has 0 aliphatic heterocycles. The molecule has 2 amide bonds. The number of nitrogens with one attached hydrogen (secondary N) is 2. The van der Waals surface area contributed by atoms with E-state index in [1.807, 2.05) is 39.0 Å². The maximum Gasteiger partial charge on any atom is 0.416 e. The highest BCUT2D eigenvalue weighted by atomic mass is 35.5. The maximum atomic E-state index is 14.9. The summed E-state index contributed by atoms with van der Waals surface area (Å²) in [6.07, 6.45) is -4.51. The zero-order valence-electron chi connectivity index (χ0n) is 23.3. The van der Waals surface area contributed by atoms with Gasteiger partial charge < -0.3 is 10.6 Å². The maximum absolute atomic E-state index is 14.9. The molecular formula is C31H29ClF4N4O2. The number of carbonyl (C=O) groups excluding carboxylic acids is 2. The monoisotopic (exact) mass is 600 g/mol. The van der Waals surface area contributed by atoms with Gasteiger partial charge in [-0.25, -0.2) is 9.07 Å². The molecule has 2 N–H and O–H groups in total. The predicted octanol–water partition coefficient (Wildman–Crippen LogP) is 7.65. The number of nitrogens with zero attached hydrogens (tertiary/aromatic N) is 2. The molecule has 3 aromatic carbocycles. The molecule has 220 valence electrons. The van der Waals surface area contributed by atoms with Crippen LogP contribution in [0.2, 0.25) is 5.02 Å². The van der Waals surface area contributed by atoms with E-state index in [9.17, 15) is 27.2 Å². The highest BCUT2D eigenvalue weighted by Crippen LogP contribution is 2.30. The van der Waals surface area contributed by atoms with E-state index >= 15 is 0 Å². The third kappa shape index (κ3) is 7.17. The van der Waals surface area contributed by atoms with Gasteiger partial charge in [-0.05, 0) is 73.2 Å². The second-order valence-corrected chi connectivity index (χ2v) is 11.3. The normalized spacial score (nSPS) is 12.6. The summed E-state index contributed by atoms with van der Waals surface area (Å²) in [7, 11) is 0. The molecule has 4 rings (SSSR count). The summed E-state index contributed by atoms with van der Waals surface area (Å²) in [5.74, 6) is -2.83. The first-order valence-corrected chi connectivity index (χ1v) is 13.4. The van der Waals surface area contributed by atoms with Crippen molar-refractivity contribution in [3.63, 3.8) is 0 Å². The van der Waals surface area contributed by atoms with Crippen molar-refractivity contribution in [2.45, 2.75) is 51.7 Å². The van der Waals surface area contributed by atoms with Crippen molar-refractivity contribution >= 4 is 29.1 Å². The smallest absolute Gasteiger partial charge is 0.350 e. The number of hydrogen-bond donors (Lipinski definition) is 2. The molecule has 0 aliphatic carbocycles. The molecule has 1 heterocycles. The fraction of sp³-hybridized carbons (Fsp3) is 0.258. The van der Waals surface area contributed by atoms with Crippen molar-refractivity contribution in [1.82, 2.24) is 15.1 Å². The third-order valence-electron chi connectivity index (χ3n) is 6.65. The lowest BCUT2D eigenvalue weighted by Crippen LogP contribution is -2.28. The van der Waals surface area contributed by atoms with Crippen molar-refractivity contribution in [2.75, 3.05) is 5.32 Å². The Balaban J connectivity index is 1.45. The second kappa shape index (κ2) is 12.0. The lowest BCUT2D eigenvalue weighted by atomic mass is 9.92. The molecule has 0 aliphatic rings.